The SMILES string of the molecule is CCOC(=O)N1CCN(c2cc(Nc3cccc4cccnc34)nc(C)n2)CC1. The molecule has 1 amide bonds. The van der Waals surface area contributed by atoms with Crippen LogP contribution in [0.5, 0.6) is 0 Å². The van der Waals surface area contributed by atoms with Crippen molar-refractivity contribution in [3.63, 3.8) is 0 Å². The summed E-state index contributed by atoms with van der Waals surface area (Å²) in [5.74, 6) is 2.25. The Morgan fingerprint density at radius 3 is 2.72 bits per heavy atom. The van der Waals surface area contributed by atoms with E-state index in [1.807, 2.05) is 50.2 Å². The van der Waals surface area contributed by atoms with Gasteiger partial charge < -0.3 is 19.9 Å². The molecule has 3 aromatic rings. The molecular formula is C21H24N6O2. The van der Waals surface area contributed by atoms with E-state index in [2.05, 4.69) is 25.2 Å². The number of carbonyl (C=O) groups is 1. The van der Waals surface area contributed by atoms with Crippen molar-refractivity contribution < 1.29 is 9.53 Å². The summed E-state index contributed by atoms with van der Waals surface area (Å²) >= 11 is 0. The van der Waals surface area contributed by atoms with Gasteiger partial charge in [-0.3, -0.25) is 4.98 Å². The predicted octanol–water partition coefficient (Wildman–Crippen LogP) is 3.36. The van der Waals surface area contributed by atoms with Gasteiger partial charge in [-0.05, 0) is 26.0 Å². The van der Waals surface area contributed by atoms with E-state index in [0.29, 0.717) is 38.6 Å². The summed E-state index contributed by atoms with van der Waals surface area (Å²) in [7, 11) is 0. The molecule has 0 spiro atoms. The second-order valence-electron chi connectivity index (χ2n) is 6.84. The number of fused-ring (bicyclic) bond motifs is 1. The topological polar surface area (TPSA) is 83.5 Å². The van der Waals surface area contributed by atoms with Crippen LogP contribution in [0.4, 0.5) is 22.1 Å². The van der Waals surface area contributed by atoms with Crippen LogP contribution in [0.15, 0.2) is 42.6 Å². The number of aryl methyl sites for hydroxylation is 1. The molecule has 0 bridgehead atoms. The van der Waals surface area contributed by atoms with Crippen LogP contribution in [-0.2, 0) is 4.74 Å². The lowest BCUT2D eigenvalue weighted by Gasteiger charge is -2.34. The second kappa shape index (κ2) is 8.30. The molecule has 1 aliphatic heterocycles. The molecule has 1 aliphatic rings. The van der Waals surface area contributed by atoms with Crippen LogP contribution >= 0.6 is 0 Å². The van der Waals surface area contributed by atoms with Crippen molar-refractivity contribution in [2.45, 2.75) is 13.8 Å². The fourth-order valence-electron chi connectivity index (χ4n) is 3.45. The maximum Gasteiger partial charge on any atom is 0.409 e. The standard InChI is InChI=1S/C21H24N6O2/c1-3-29-21(28)27-12-10-26(11-13-27)19-14-18(23-15(2)24-19)25-17-8-4-6-16-7-5-9-22-20(16)17/h4-9,14H,3,10-13H2,1-2H3,(H,23,24,25). The molecule has 0 saturated carbocycles. The molecule has 0 unspecified atom stereocenters. The number of pyridine rings is 1. The minimum Gasteiger partial charge on any atom is -0.450 e. The zero-order valence-corrected chi connectivity index (χ0v) is 16.6. The molecule has 8 nitrogen and oxygen atoms in total. The lowest BCUT2D eigenvalue weighted by molar-refractivity contribution is 0.105. The highest BCUT2D eigenvalue weighted by Crippen LogP contribution is 2.25. The Morgan fingerprint density at radius 2 is 1.93 bits per heavy atom. The smallest absolute Gasteiger partial charge is 0.409 e. The van der Waals surface area contributed by atoms with Crippen LogP contribution in [0.2, 0.25) is 0 Å². The number of nitrogens with one attached hydrogen (secondary N) is 1. The molecule has 4 rings (SSSR count). The third-order valence-corrected chi connectivity index (χ3v) is 4.85. The van der Waals surface area contributed by atoms with E-state index >= 15 is 0 Å². The van der Waals surface area contributed by atoms with Crippen LogP contribution in [0.3, 0.4) is 0 Å². The van der Waals surface area contributed by atoms with Gasteiger partial charge in [0.2, 0.25) is 0 Å². The molecule has 2 aromatic heterocycles. The third kappa shape index (κ3) is 4.21. The summed E-state index contributed by atoms with van der Waals surface area (Å²) < 4.78 is 5.09. The summed E-state index contributed by atoms with van der Waals surface area (Å²) in [6.45, 7) is 6.70. The van der Waals surface area contributed by atoms with Gasteiger partial charge in [-0.25, -0.2) is 14.8 Å². The van der Waals surface area contributed by atoms with Gasteiger partial charge in [0.15, 0.2) is 0 Å². The Bertz CT molecular complexity index is 1010. The molecule has 1 saturated heterocycles. The lowest BCUT2D eigenvalue weighted by atomic mass is 10.2. The highest BCUT2D eigenvalue weighted by molar-refractivity contribution is 5.91. The number of hydrogen-bond acceptors (Lipinski definition) is 7. The third-order valence-electron chi connectivity index (χ3n) is 4.85. The maximum absolute atomic E-state index is 11.9. The van der Waals surface area contributed by atoms with Gasteiger partial charge >= 0.3 is 6.09 Å². The number of amides is 1. The summed E-state index contributed by atoms with van der Waals surface area (Å²) in [6, 6.07) is 11.9. The maximum atomic E-state index is 11.9. The van der Waals surface area contributed by atoms with Gasteiger partial charge in [-0.15, -0.1) is 0 Å². The van der Waals surface area contributed by atoms with Crippen LogP contribution in [0, 0.1) is 6.92 Å². The lowest BCUT2D eigenvalue weighted by Crippen LogP contribution is -2.49. The van der Waals surface area contributed by atoms with Gasteiger partial charge in [-0.1, -0.05) is 18.2 Å². The molecule has 0 atom stereocenters. The minimum atomic E-state index is -0.253. The normalized spacial score (nSPS) is 14.1. The minimum absolute atomic E-state index is 0.253. The number of para-hydroxylation sites is 1. The number of ether oxygens (including phenoxy) is 1. The van der Waals surface area contributed by atoms with Crippen molar-refractivity contribution in [1.29, 1.82) is 0 Å². The number of benzene rings is 1. The van der Waals surface area contributed by atoms with Crippen molar-refractivity contribution >= 4 is 34.3 Å². The van der Waals surface area contributed by atoms with Crippen LogP contribution in [-0.4, -0.2) is 58.7 Å². The van der Waals surface area contributed by atoms with E-state index in [-0.39, 0.29) is 6.09 Å². The van der Waals surface area contributed by atoms with Gasteiger partial charge in [0.25, 0.3) is 0 Å². The molecule has 29 heavy (non-hydrogen) atoms. The first-order valence-electron chi connectivity index (χ1n) is 9.77. The van der Waals surface area contributed by atoms with Crippen molar-refractivity contribution in [2.24, 2.45) is 0 Å². The van der Waals surface area contributed by atoms with E-state index in [1.165, 1.54) is 0 Å². The molecule has 1 N–H and O–H groups in total. The average molecular weight is 392 g/mol. The van der Waals surface area contributed by atoms with Crippen molar-refractivity contribution in [2.75, 3.05) is 43.0 Å². The van der Waals surface area contributed by atoms with Crippen molar-refractivity contribution in [3.8, 4) is 0 Å². The van der Waals surface area contributed by atoms with E-state index in [9.17, 15) is 4.79 Å². The number of aromatic nitrogens is 3. The Balaban J connectivity index is 1.52. The first-order chi connectivity index (χ1) is 14.1. The van der Waals surface area contributed by atoms with Gasteiger partial charge in [0, 0.05) is 43.8 Å². The Hall–Kier alpha value is -3.42. The number of nitrogens with zero attached hydrogens (tertiary/aromatic N) is 5. The van der Waals surface area contributed by atoms with Gasteiger partial charge in [0.05, 0.1) is 17.8 Å². The summed E-state index contributed by atoms with van der Waals surface area (Å²) in [4.78, 5) is 29.4. The number of anilines is 3. The zero-order chi connectivity index (χ0) is 20.2. The highest BCUT2D eigenvalue weighted by Gasteiger charge is 2.23. The predicted molar refractivity (Wildman–Crippen MR) is 113 cm³/mol. The monoisotopic (exact) mass is 392 g/mol. The highest BCUT2D eigenvalue weighted by atomic mass is 16.6. The molecule has 1 aromatic carbocycles. The van der Waals surface area contributed by atoms with Gasteiger partial charge in [-0.2, -0.15) is 0 Å². The number of carbonyl (C=O) groups excluding carboxylic acids is 1. The van der Waals surface area contributed by atoms with Crippen LogP contribution in [0.25, 0.3) is 10.9 Å². The van der Waals surface area contributed by atoms with E-state index in [1.54, 1.807) is 11.1 Å². The zero-order valence-electron chi connectivity index (χ0n) is 16.6. The molecule has 1 fully saturated rings. The number of rotatable bonds is 4. The van der Waals surface area contributed by atoms with E-state index in [4.69, 9.17) is 4.74 Å². The van der Waals surface area contributed by atoms with Crippen LogP contribution < -0.4 is 10.2 Å². The summed E-state index contributed by atoms with van der Waals surface area (Å²) in [6.07, 6.45) is 1.53. The average Bonchev–Trinajstić information content (AvgIpc) is 2.74. The number of piperazine rings is 1. The van der Waals surface area contributed by atoms with E-state index < -0.39 is 0 Å². The number of hydrogen-bond donors (Lipinski definition) is 1. The molecular weight excluding hydrogens is 368 g/mol. The first-order valence-corrected chi connectivity index (χ1v) is 9.77. The fraction of sp³-hybridized carbons (Fsp3) is 0.333. The van der Waals surface area contributed by atoms with E-state index in [0.717, 1.165) is 28.2 Å². The fourth-order valence-corrected chi connectivity index (χ4v) is 3.45. The second-order valence-corrected chi connectivity index (χ2v) is 6.84. The molecule has 0 aliphatic carbocycles. The Labute approximate surface area is 169 Å². The first kappa shape index (κ1) is 18.9. The molecule has 8 heteroatoms. The summed E-state index contributed by atoms with van der Waals surface area (Å²) in [5.41, 5.74) is 1.80. The Kier molecular flexibility index (Phi) is 5.41. The van der Waals surface area contributed by atoms with Crippen molar-refractivity contribution in [3.05, 3.63) is 48.4 Å². The quantitative estimate of drug-likeness (QED) is 0.729. The molecule has 3 heterocycles. The van der Waals surface area contributed by atoms with Gasteiger partial charge in [0.1, 0.15) is 17.5 Å². The summed E-state index contributed by atoms with van der Waals surface area (Å²) in [5, 5.41) is 4.45. The Morgan fingerprint density at radius 1 is 1.14 bits per heavy atom. The van der Waals surface area contributed by atoms with Crippen molar-refractivity contribution in [1.82, 2.24) is 19.9 Å². The molecule has 0 radical (unpaired) electrons. The molecule has 150 valence electrons. The largest absolute Gasteiger partial charge is 0.450 e. The van der Waals surface area contributed by atoms with Crippen LogP contribution in [0.1, 0.15) is 12.7 Å².